The van der Waals surface area contributed by atoms with Crippen molar-refractivity contribution in [2.45, 2.75) is 33.6 Å². The number of hydrogen-bond acceptors (Lipinski definition) is 3. The molecular formula is C14H21N3O4. The van der Waals surface area contributed by atoms with Crippen molar-refractivity contribution >= 4 is 17.8 Å². The fourth-order valence-electron chi connectivity index (χ4n) is 2.23. The largest absolute Gasteiger partial charge is 0.477 e. The number of aromatic carboxylic acids is 1. The number of aromatic nitrogens is 1. The number of carboxylic acid groups (broad SMARTS) is 1. The van der Waals surface area contributed by atoms with E-state index in [-0.39, 0.29) is 18.1 Å². The lowest BCUT2D eigenvalue weighted by Gasteiger charge is -2.21. The van der Waals surface area contributed by atoms with Crippen molar-refractivity contribution in [2.75, 3.05) is 13.1 Å². The maximum absolute atomic E-state index is 12.6. The van der Waals surface area contributed by atoms with Crippen LogP contribution in [0.3, 0.4) is 0 Å². The van der Waals surface area contributed by atoms with Gasteiger partial charge >= 0.3 is 5.97 Å². The first-order chi connectivity index (χ1) is 9.79. The standard InChI is InChI=1S/C14H21N3O4/c1-4-5-6-17(7-10(15)18)13(19)11-8(2)12(14(20)21)16-9(11)3/h16H,4-7H2,1-3H3,(H2,15,18)(H,20,21). The number of nitrogens with zero attached hydrogens (tertiary/aromatic N) is 1. The second-order valence-electron chi connectivity index (χ2n) is 4.98. The molecule has 0 aliphatic rings. The summed E-state index contributed by atoms with van der Waals surface area (Å²) in [6.07, 6.45) is 1.61. The smallest absolute Gasteiger partial charge is 0.352 e. The number of aryl methyl sites for hydroxylation is 1. The lowest BCUT2D eigenvalue weighted by molar-refractivity contribution is -0.118. The number of carbonyl (C=O) groups is 3. The summed E-state index contributed by atoms with van der Waals surface area (Å²) in [4.78, 5) is 38.8. The maximum Gasteiger partial charge on any atom is 0.352 e. The van der Waals surface area contributed by atoms with Gasteiger partial charge in [0, 0.05) is 12.2 Å². The van der Waals surface area contributed by atoms with Gasteiger partial charge < -0.3 is 20.7 Å². The molecule has 0 fully saturated rings. The predicted molar refractivity (Wildman–Crippen MR) is 77.2 cm³/mol. The highest BCUT2D eigenvalue weighted by molar-refractivity contribution is 6.01. The molecule has 1 rings (SSSR count). The molecule has 0 spiro atoms. The SMILES string of the molecule is CCCCN(CC(N)=O)C(=O)c1c(C)[nH]c(C(=O)O)c1C. The number of primary amides is 1. The Balaban J connectivity index is 3.13. The zero-order valence-electron chi connectivity index (χ0n) is 12.5. The number of aromatic amines is 1. The highest BCUT2D eigenvalue weighted by atomic mass is 16.4. The lowest BCUT2D eigenvalue weighted by Crippen LogP contribution is -2.39. The van der Waals surface area contributed by atoms with Crippen LogP contribution in [0.5, 0.6) is 0 Å². The number of hydrogen-bond donors (Lipinski definition) is 3. The van der Waals surface area contributed by atoms with E-state index >= 15 is 0 Å². The summed E-state index contributed by atoms with van der Waals surface area (Å²) in [5.74, 6) is -2.09. The highest BCUT2D eigenvalue weighted by Gasteiger charge is 2.25. The van der Waals surface area contributed by atoms with E-state index in [0.29, 0.717) is 23.4 Å². The van der Waals surface area contributed by atoms with Crippen LogP contribution in [-0.4, -0.2) is 45.9 Å². The van der Waals surface area contributed by atoms with E-state index in [9.17, 15) is 14.4 Å². The summed E-state index contributed by atoms with van der Waals surface area (Å²) in [5, 5.41) is 9.08. The summed E-state index contributed by atoms with van der Waals surface area (Å²) in [7, 11) is 0. The Morgan fingerprint density at radius 3 is 2.33 bits per heavy atom. The van der Waals surface area contributed by atoms with Crippen LogP contribution in [0.15, 0.2) is 0 Å². The highest BCUT2D eigenvalue weighted by Crippen LogP contribution is 2.20. The molecule has 0 unspecified atom stereocenters. The Hall–Kier alpha value is -2.31. The summed E-state index contributed by atoms with van der Waals surface area (Å²) < 4.78 is 0. The molecule has 1 heterocycles. The van der Waals surface area contributed by atoms with Crippen molar-refractivity contribution in [2.24, 2.45) is 5.73 Å². The van der Waals surface area contributed by atoms with Crippen LogP contribution < -0.4 is 5.73 Å². The van der Waals surface area contributed by atoms with Crippen LogP contribution in [0, 0.1) is 13.8 Å². The summed E-state index contributed by atoms with van der Waals surface area (Å²) in [6.45, 7) is 5.41. The molecule has 0 aromatic carbocycles. The van der Waals surface area contributed by atoms with E-state index in [1.54, 1.807) is 13.8 Å². The minimum Gasteiger partial charge on any atom is -0.477 e. The van der Waals surface area contributed by atoms with Crippen LogP contribution in [0.1, 0.15) is 51.9 Å². The van der Waals surface area contributed by atoms with Gasteiger partial charge in [0.05, 0.1) is 12.1 Å². The normalized spacial score (nSPS) is 10.4. The third-order valence-electron chi connectivity index (χ3n) is 3.28. The molecular weight excluding hydrogens is 274 g/mol. The van der Waals surface area contributed by atoms with Crippen LogP contribution in [0.4, 0.5) is 0 Å². The first-order valence-corrected chi connectivity index (χ1v) is 6.79. The summed E-state index contributed by atoms with van der Waals surface area (Å²) in [6, 6.07) is 0. The molecule has 4 N–H and O–H groups in total. The lowest BCUT2D eigenvalue weighted by atomic mass is 10.1. The molecule has 1 aromatic heterocycles. The Morgan fingerprint density at radius 2 is 1.90 bits per heavy atom. The van der Waals surface area contributed by atoms with Gasteiger partial charge in [0.15, 0.2) is 0 Å². The van der Waals surface area contributed by atoms with E-state index in [1.807, 2.05) is 6.92 Å². The van der Waals surface area contributed by atoms with Crippen LogP contribution in [0.25, 0.3) is 0 Å². The predicted octanol–water partition coefficient (Wildman–Crippen LogP) is 1.06. The monoisotopic (exact) mass is 295 g/mol. The number of nitrogens with one attached hydrogen (secondary N) is 1. The molecule has 0 aliphatic carbocycles. The molecule has 0 aliphatic heterocycles. The molecule has 0 radical (unpaired) electrons. The Kier molecular flexibility index (Phi) is 5.52. The topological polar surface area (TPSA) is 116 Å². The number of amides is 2. The van der Waals surface area contributed by atoms with Gasteiger partial charge in [-0.3, -0.25) is 9.59 Å². The molecule has 1 aromatic rings. The molecule has 0 saturated carbocycles. The van der Waals surface area contributed by atoms with E-state index in [1.165, 1.54) is 4.90 Å². The second kappa shape index (κ2) is 6.92. The molecule has 0 bridgehead atoms. The van der Waals surface area contributed by atoms with Gasteiger partial charge in [-0.05, 0) is 25.8 Å². The molecule has 0 atom stereocenters. The van der Waals surface area contributed by atoms with Crippen LogP contribution >= 0.6 is 0 Å². The van der Waals surface area contributed by atoms with E-state index in [4.69, 9.17) is 10.8 Å². The van der Waals surface area contributed by atoms with Gasteiger partial charge in [0.2, 0.25) is 5.91 Å². The number of unbranched alkanes of at least 4 members (excludes halogenated alkanes) is 1. The van der Waals surface area contributed by atoms with Gasteiger partial charge in [-0.1, -0.05) is 13.3 Å². The number of nitrogens with two attached hydrogens (primary N) is 1. The average Bonchev–Trinajstić information content (AvgIpc) is 2.69. The van der Waals surface area contributed by atoms with Gasteiger partial charge in [-0.25, -0.2) is 4.79 Å². The Bertz CT molecular complexity index is 563. The van der Waals surface area contributed by atoms with Gasteiger partial charge in [-0.15, -0.1) is 0 Å². The summed E-state index contributed by atoms with van der Waals surface area (Å²) in [5.41, 5.74) is 6.31. The van der Waals surface area contributed by atoms with E-state index < -0.39 is 11.9 Å². The molecule has 0 saturated heterocycles. The number of carbonyl (C=O) groups excluding carboxylic acids is 2. The van der Waals surface area contributed by atoms with E-state index in [2.05, 4.69) is 4.98 Å². The van der Waals surface area contributed by atoms with E-state index in [0.717, 1.165) is 12.8 Å². The number of carboxylic acids is 1. The van der Waals surface area contributed by atoms with Crippen molar-refractivity contribution in [3.05, 3.63) is 22.5 Å². The van der Waals surface area contributed by atoms with Gasteiger partial charge in [0.1, 0.15) is 5.69 Å². The van der Waals surface area contributed by atoms with Gasteiger partial charge in [-0.2, -0.15) is 0 Å². The van der Waals surface area contributed by atoms with Crippen molar-refractivity contribution in [1.29, 1.82) is 0 Å². The first-order valence-electron chi connectivity index (χ1n) is 6.79. The van der Waals surface area contributed by atoms with Crippen LogP contribution in [0.2, 0.25) is 0 Å². The zero-order valence-corrected chi connectivity index (χ0v) is 12.5. The molecule has 7 heteroatoms. The fraction of sp³-hybridized carbons (Fsp3) is 0.500. The quantitative estimate of drug-likeness (QED) is 0.697. The maximum atomic E-state index is 12.6. The van der Waals surface area contributed by atoms with Crippen molar-refractivity contribution in [1.82, 2.24) is 9.88 Å². The molecule has 21 heavy (non-hydrogen) atoms. The number of rotatable bonds is 7. The minimum absolute atomic E-state index is 0.00892. The minimum atomic E-state index is -1.12. The zero-order chi connectivity index (χ0) is 16.2. The molecule has 2 amide bonds. The Morgan fingerprint density at radius 1 is 1.29 bits per heavy atom. The van der Waals surface area contributed by atoms with Crippen molar-refractivity contribution < 1.29 is 19.5 Å². The molecule has 116 valence electrons. The third kappa shape index (κ3) is 3.84. The molecule has 7 nitrogen and oxygen atoms in total. The van der Waals surface area contributed by atoms with Gasteiger partial charge in [0.25, 0.3) is 5.91 Å². The fourth-order valence-corrected chi connectivity index (χ4v) is 2.23. The second-order valence-corrected chi connectivity index (χ2v) is 4.98. The first kappa shape index (κ1) is 16.7. The van der Waals surface area contributed by atoms with Crippen molar-refractivity contribution in [3.8, 4) is 0 Å². The number of H-pyrrole nitrogens is 1. The Labute approximate surface area is 123 Å². The summed E-state index contributed by atoms with van der Waals surface area (Å²) >= 11 is 0. The third-order valence-corrected chi connectivity index (χ3v) is 3.28. The van der Waals surface area contributed by atoms with Crippen molar-refractivity contribution in [3.63, 3.8) is 0 Å². The van der Waals surface area contributed by atoms with Crippen LogP contribution in [-0.2, 0) is 4.79 Å². The average molecular weight is 295 g/mol.